The van der Waals surface area contributed by atoms with Gasteiger partial charge in [-0.25, -0.2) is 12.8 Å². The van der Waals surface area contributed by atoms with Gasteiger partial charge in [-0.05, 0) is 92.0 Å². The van der Waals surface area contributed by atoms with Crippen molar-refractivity contribution in [3.8, 4) is 10.4 Å². The van der Waals surface area contributed by atoms with Crippen LogP contribution in [0.2, 0.25) is 0 Å². The van der Waals surface area contributed by atoms with Crippen molar-refractivity contribution in [2.45, 2.75) is 61.8 Å². The molecule has 0 spiro atoms. The molecule has 1 aliphatic rings. The number of likely N-dealkylation sites (N-methyl/N-ethyl adjacent to an activating group) is 1. The van der Waals surface area contributed by atoms with Crippen molar-refractivity contribution >= 4 is 27.3 Å². The minimum Gasteiger partial charge on any atom is -0.481 e. The van der Waals surface area contributed by atoms with Gasteiger partial charge in [-0.2, -0.15) is 4.31 Å². The van der Waals surface area contributed by atoms with Crippen LogP contribution in [0.25, 0.3) is 10.4 Å². The number of sulfonamides is 1. The largest absolute Gasteiger partial charge is 0.481 e. The average molecular weight is 589 g/mol. The van der Waals surface area contributed by atoms with E-state index in [0.717, 1.165) is 34.9 Å². The number of halogens is 1. The molecule has 0 bridgehead atoms. The molecule has 0 aliphatic heterocycles. The Balaban J connectivity index is 1.35. The molecule has 0 fully saturated rings. The van der Waals surface area contributed by atoms with Crippen LogP contribution in [0.3, 0.4) is 0 Å². The lowest BCUT2D eigenvalue weighted by Crippen LogP contribution is -2.47. The maximum absolute atomic E-state index is 14.0. The number of aliphatic hydroxyl groups is 1. The molecule has 7 nitrogen and oxygen atoms in total. The predicted molar refractivity (Wildman–Crippen MR) is 156 cm³/mol. The number of carbonyl (C=O) groups is 1. The van der Waals surface area contributed by atoms with Crippen LogP contribution in [0.5, 0.6) is 0 Å². The summed E-state index contributed by atoms with van der Waals surface area (Å²) in [5, 5.41) is 23.1. The number of nitrogens with zero attached hydrogens (tertiary/aromatic N) is 1. The van der Waals surface area contributed by atoms with Gasteiger partial charge in [-0.1, -0.05) is 30.3 Å². The number of aryl methyl sites for hydroxylation is 1. The Labute approximate surface area is 239 Å². The molecule has 3 aromatic rings. The number of aliphatic carboxylic acids is 1. The minimum atomic E-state index is -3.90. The third kappa shape index (κ3) is 7.55. The maximum atomic E-state index is 14.0. The van der Waals surface area contributed by atoms with Gasteiger partial charge >= 0.3 is 5.97 Å². The number of benzene rings is 2. The zero-order valence-electron chi connectivity index (χ0n) is 23.1. The van der Waals surface area contributed by atoms with Gasteiger partial charge in [-0.15, -0.1) is 11.3 Å². The van der Waals surface area contributed by atoms with Crippen molar-refractivity contribution in [3.63, 3.8) is 0 Å². The van der Waals surface area contributed by atoms with E-state index in [4.69, 9.17) is 5.11 Å². The van der Waals surface area contributed by atoms with E-state index >= 15 is 0 Å². The van der Waals surface area contributed by atoms with Crippen molar-refractivity contribution in [2.75, 3.05) is 20.1 Å². The first-order valence-electron chi connectivity index (χ1n) is 13.4. The fourth-order valence-electron chi connectivity index (χ4n) is 5.44. The van der Waals surface area contributed by atoms with Gasteiger partial charge in [0, 0.05) is 37.0 Å². The fraction of sp³-hybridized carbons (Fsp3) is 0.433. The van der Waals surface area contributed by atoms with E-state index in [1.165, 1.54) is 42.4 Å². The molecule has 2 aromatic carbocycles. The number of rotatable bonds is 13. The second-order valence-electron chi connectivity index (χ2n) is 11.3. The van der Waals surface area contributed by atoms with Crippen LogP contribution in [0.15, 0.2) is 58.8 Å². The smallest absolute Gasteiger partial charge is 0.303 e. The van der Waals surface area contributed by atoms with Gasteiger partial charge in [-0.3, -0.25) is 4.79 Å². The molecule has 0 saturated heterocycles. The third-order valence-electron chi connectivity index (χ3n) is 7.41. The Morgan fingerprint density at radius 2 is 1.82 bits per heavy atom. The number of carboxylic acid groups (broad SMARTS) is 1. The highest BCUT2D eigenvalue weighted by atomic mass is 32.2. The lowest BCUT2D eigenvalue weighted by molar-refractivity contribution is -0.136. The van der Waals surface area contributed by atoms with Gasteiger partial charge in [0.25, 0.3) is 10.0 Å². The summed E-state index contributed by atoms with van der Waals surface area (Å²) in [6.45, 7) is 4.37. The molecule has 1 aliphatic carbocycles. The SMILES string of the molecule is CN(CC(O)CNC(C)(C)CC1Cc2ccccc2C1)S(=O)(=O)c1ccc(-c2cc(F)ccc2CCC(=O)O)s1. The second-order valence-corrected chi connectivity index (χ2v) is 14.6. The number of hydrogen-bond donors (Lipinski definition) is 3. The molecule has 10 heteroatoms. The quantitative estimate of drug-likeness (QED) is 0.267. The zero-order valence-corrected chi connectivity index (χ0v) is 24.7. The molecule has 0 radical (unpaired) electrons. The van der Waals surface area contributed by atoms with Gasteiger partial charge in [0.15, 0.2) is 0 Å². The lowest BCUT2D eigenvalue weighted by atomic mass is 9.88. The average Bonchev–Trinajstić information content (AvgIpc) is 3.54. The van der Waals surface area contributed by atoms with E-state index in [-0.39, 0.29) is 35.7 Å². The molecule has 216 valence electrons. The molecule has 4 rings (SSSR count). The van der Waals surface area contributed by atoms with Crippen LogP contribution in [0, 0.1) is 11.7 Å². The van der Waals surface area contributed by atoms with Crippen molar-refractivity contribution in [2.24, 2.45) is 5.92 Å². The second kappa shape index (κ2) is 12.5. The van der Waals surface area contributed by atoms with Crippen LogP contribution in [-0.2, 0) is 34.1 Å². The summed E-state index contributed by atoms with van der Waals surface area (Å²) < 4.78 is 41.7. The van der Waals surface area contributed by atoms with Gasteiger partial charge in [0.05, 0.1) is 6.10 Å². The topological polar surface area (TPSA) is 107 Å². The van der Waals surface area contributed by atoms with Crippen LogP contribution in [0.4, 0.5) is 4.39 Å². The minimum absolute atomic E-state index is 0.0692. The summed E-state index contributed by atoms with van der Waals surface area (Å²) in [5.74, 6) is -0.928. The number of fused-ring (bicyclic) bond motifs is 1. The fourth-order valence-corrected chi connectivity index (χ4v) is 8.21. The number of β-amino-alcohol motifs (C(OH)–C–C–N with tert-alkyl or cyclic N) is 1. The molecule has 0 amide bonds. The Hall–Kier alpha value is -2.63. The monoisotopic (exact) mass is 588 g/mol. The summed E-state index contributed by atoms with van der Waals surface area (Å²) in [6, 6.07) is 15.7. The molecular weight excluding hydrogens is 551 g/mol. The Bertz CT molecular complexity index is 1430. The number of hydrogen-bond acceptors (Lipinski definition) is 6. The number of thiophene rings is 1. The lowest BCUT2D eigenvalue weighted by Gasteiger charge is -2.31. The Kier molecular flexibility index (Phi) is 9.47. The van der Waals surface area contributed by atoms with E-state index in [9.17, 15) is 22.7 Å². The number of nitrogens with one attached hydrogen (secondary N) is 1. The highest BCUT2D eigenvalue weighted by Gasteiger charge is 2.30. The van der Waals surface area contributed by atoms with E-state index in [1.807, 2.05) is 0 Å². The predicted octanol–water partition coefficient (Wildman–Crippen LogP) is 4.73. The molecule has 1 unspecified atom stereocenters. The summed E-state index contributed by atoms with van der Waals surface area (Å²) in [5.41, 5.74) is 3.69. The van der Waals surface area contributed by atoms with Gasteiger partial charge in [0.1, 0.15) is 10.0 Å². The zero-order chi connectivity index (χ0) is 29.1. The maximum Gasteiger partial charge on any atom is 0.303 e. The Morgan fingerprint density at radius 3 is 2.48 bits per heavy atom. The molecule has 3 N–H and O–H groups in total. The standard InChI is InChI=1S/C30H37FN2O5S2/c1-30(2,17-20-14-22-6-4-5-7-23(22)15-20)32-18-25(34)19-33(3)40(37,38)29-13-11-27(39-29)26-16-24(31)10-8-21(26)9-12-28(35)36/h4-8,10-11,13,16,20,25,32,34H,9,12,14-15,17-19H2,1-3H3,(H,35,36). The molecular formula is C30H37FN2O5S2. The Morgan fingerprint density at radius 1 is 1.15 bits per heavy atom. The molecule has 1 atom stereocenters. The van der Waals surface area contributed by atoms with Crippen molar-refractivity contribution in [1.29, 1.82) is 0 Å². The third-order valence-corrected chi connectivity index (χ3v) is 10.8. The van der Waals surface area contributed by atoms with Gasteiger partial charge < -0.3 is 15.5 Å². The molecule has 40 heavy (non-hydrogen) atoms. The molecule has 1 heterocycles. The van der Waals surface area contributed by atoms with Crippen molar-refractivity contribution in [1.82, 2.24) is 9.62 Å². The van der Waals surface area contributed by atoms with Crippen molar-refractivity contribution < 1.29 is 27.8 Å². The number of carboxylic acids is 1. The molecule has 0 saturated carbocycles. The summed E-state index contributed by atoms with van der Waals surface area (Å²) in [4.78, 5) is 11.6. The summed E-state index contributed by atoms with van der Waals surface area (Å²) >= 11 is 0.995. The van der Waals surface area contributed by atoms with E-state index in [0.29, 0.717) is 21.9 Å². The highest BCUT2D eigenvalue weighted by Crippen LogP contribution is 2.35. The summed E-state index contributed by atoms with van der Waals surface area (Å²) in [6.07, 6.45) is 2.21. The van der Waals surface area contributed by atoms with Crippen molar-refractivity contribution in [3.05, 3.63) is 77.1 Å². The van der Waals surface area contributed by atoms with Crippen LogP contribution in [-0.4, -0.2) is 60.7 Å². The van der Waals surface area contributed by atoms with Crippen LogP contribution < -0.4 is 5.32 Å². The molecule has 1 aromatic heterocycles. The van der Waals surface area contributed by atoms with Gasteiger partial charge in [0.2, 0.25) is 0 Å². The first kappa shape index (κ1) is 30.3. The summed E-state index contributed by atoms with van der Waals surface area (Å²) in [7, 11) is -2.47. The van der Waals surface area contributed by atoms with Crippen LogP contribution >= 0.6 is 11.3 Å². The van der Waals surface area contributed by atoms with E-state index in [2.05, 4.69) is 43.4 Å². The first-order valence-corrected chi connectivity index (χ1v) is 15.7. The first-order chi connectivity index (χ1) is 18.8. The van der Waals surface area contributed by atoms with E-state index < -0.39 is 27.9 Å². The van der Waals surface area contributed by atoms with E-state index in [1.54, 1.807) is 6.07 Å². The van der Waals surface area contributed by atoms with Crippen LogP contribution in [0.1, 0.15) is 43.4 Å². The highest BCUT2D eigenvalue weighted by molar-refractivity contribution is 7.91. The normalized spacial score (nSPS) is 14.9. The number of aliphatic hydroxyl groups excluding tert-OH is 1.